The first kappa shape index (κ1) is 17.3. The van der Waals surface area contributed by atoms with Crippen LogP contribution in [0.1, 0.15) is 24.4 Å². The molecule has 0 unspecified atom stereocenters. The van der Waals surface area contributed by atoms with E-state index in [0.29, 0.717) is 22.5 Å². The van der Waals surface area contributed by atoms with Gasteiger partial charge in [0.1, 0.15) is 6.33 Å². The zero-order chi connectivity index (χ0) is 19.4. The van der Waals surface area contributed by atoms with Crippen molar-refractivity contribution in [1.82, 2.24) is 23.8 Å². The number of imidazole rings is 2. The van der Waals surface area contributed by atoms with Gasteiger partial charge in [-0.15, -0.1) is 0 Å². The van der Waals surface area contributed by atoms with E-state index in [9.17, 15) is 17.2 Å². The Morgan fingerprint density at radius 1 is 1.07 bits per heavy atom. The van der Waals surface area contributed by atoms with Gasteiger partial charge in [-0.25, -0.2) is 31.9 Å². The Kier molecular flexibility index (Phi) is 3.91. The average Bonchev–Trinajstić information content (AvgIpc) is 3.31. The molecule has 1 aliphatic rings. The van der Waals surface area contributed by atoms with Crippen molar-refractivity contribution in [3.8, 4) is 5.95 Å². The molecule has 1 N–H and O–H groups in total. The van der Waals surface area contributed by atoms with E-state index < -0.39 is 22.5 Å². The summed E-state index contributed by atoms with van der Waals surface area (Å²) in [5.41, 5.74) is 3.17. The van der Waals surface area contributed by atoms with Gasteiger partial charge in [-0.05, 0) is 30.5 Å². The monoisotopic (exact) mass is 403 g/mol. The third-order valence-electron chi connectivity index (χ3n) is 4.86. The molecule has 144 valence electrons. The van der Waals surface area contributed by atoms with Gasteiger partial charge in [0.15, 0.2) is 11.6 Å². The Labute approximate surface area is 159 Å². The van der Waals surface area contributed by atoms with Crippen LogP contribution in [0, 0.1) is 11.6 Å². The summed E-state index contributed by atoms with van der Waals surface area (Å²) in [7, 11) is -2.67. The minimum Gasteiger partial charge on any atom is -0.306 e. The highest BCUT2D eigenvalue weighted by Gasteiger charge is 2.30. The molecule has 0 saturated heterocycles. The molecule has 0 aliphatic heterocycles. The number of benzene rings is 2. The number of aromatic nitrogens is 4. The predicted molar refractivity (Wildman–Crippen MR) is 99.7 cm³/mol. The van der Waals surface area contributed by atoms with Crippen LogP contribution in [-0.2, 0) is 17.4 Å². The van der Waals surface area contributed by atoms with Crippen molar-refractivity contribution < 1.29 is 17.2 Å². The molecule has 28 heavy (non-hydrogen) atoms. The standard InChI is InChI=1S/C18H15F2N5O2S/c19-12-6-15-17(7-13(12)20)25(11-2-3-11)18(23-15)24-9-21-14-5-10(1-4-16(14)24)8-22-28(26)27/h1,4-7,9,11,28H,2-3,8H2,(H,22,26,27). The molecule has 4 aromatic rings. The van der Waals surface area contributed by atoms with Crippen LogP contribution in [0.3, 0.4) is 0 Å². The maximum absolute atomic E-state index is 13.8. The molecular formula is C18H15F2N5O2S. The lowest BCUT2D eigenvalue weighted by molar-refractivity contribution is 0.510. The minimum absolute atomic E-state index is 0.181. The fraction of sp³-hybridized carbons (Fsp3) is 0.222. The van der Waals surface area contributed by atoms with E-state index in [1.807, 2.05) is 10.6 Å². The van der Waals surface area contributed by atoms with Gasteiger partial charge in [0.25, 0.3) is 0 Å². The van der Waals surface area contributed by atoms with E-state index in [-0.39, 0.29) is 12.6 Å². The summed E-state index contributed by atoms with van der Waals surface area (Å²) in [6, 6.07) is 7.91. The molecule has 0 bridgehead atoms. The van der Waals surface area contributed by atoms with E-state index in [0.717, 1.165) is 30.0 Å². The lowest BCUT2D eigenvalue weighted by atomic mass is 10.2. The number of nitrogens with one attached hydrogen (secondary N) is 1. The highest BCUT2D eigenvalue weighted by Crippen LogP contribution is 2.40. The quantitative estimate of drug-likeness (QED) is 0.502. The van der Waals surface area contributed by atoms with Gasteiger partial charge in [-0.3, -0.25) is 4.57 Å². The highest BCUT2D eigenvalue weighted by atomic mass is 32.2. The van der Waals surface area contributed by atoms with Crippen molar-refractivity contribution in [2.45, 2.75) is 25.4 Å². The first-order valence-corrected chi connectivity index (χ1v) is 9.90. The Balaban J connectivity index is 1.65. The summed E-state index contributed by atoms with van der Waals surface area (Å²) >= 11 is 0. The smallest absolute Gasteiger partial charge is 0.216 e. The molecule has 0 radical (unpaired) electrons. The maximum Gasteiger partial charge on any atom is 0.216 e. The van der Waals surface area contributed by atoms with E-state index in [4.69, 9.17) is 0 Å². The van der Waals surface area contributed by atoms with Crippen LogP contribution in [0.2, 0.25) is 0 Å². The number of halogens is 2. The Morgan fingerprint density at radius 3 is 2.61 bits per heavy atom. The zero-order valence-corrected chi connectivity index (χ0v) is 15.4. The number of nitrogens with zero attached hydrogens (tertiary/aromatic N) is 4. The largest absolute Gasteiger partial charge is 0.306 e. The molecule has 0 atom stereocenters. The number of fused-ring (bicyclic) bond motifs is 2. The van der Waals surface area contributed by atoms with Crippen molar-refractivity contribution in [2.75, 3.05) is 0 Å². The Hall–Kier alpha value is -2.85. The normalized spacial score (nSPS) is 14.5. The lowest BCUT2D eigenvalue weighted by Gasteiger charge is -2.09. The molecule has 0 spiro atoms. The second-order valence-corrected chi connectivity index (χ2v) is 7.63. The van der Waals surface area contributed by atoms with Crippen LogP contribution in [-0.4, -0.2) is 27.5 Å². The molecule has 10 heteroatoms. The van der Waals surface area contributed by atoms with Gasteiger partial charge in [0.05, 0.1) is 22.1 Å². The zero-order valence-electron chi connectivity index (χ0n) is 14.5. The summed E-state index contributed by atoms with van der Waals surface area (Å²) in [4.78, 5) is 8.93. The third-order valence-corrected chi connectivity index (χ3v) is 5.28. The predicted octanol–water partition coefficient (Wildman–Crippen LogP) is 2.60. The molecule has 1 saturated carbocycles. The molecule has 7 nitrogen and oxygen atoms in total. The number of thiol groups is 1. The summed E-state index contributed by atoms with van der Waals surface area (Å²) in [5.74, 6) is -1.27. The first-order chi connectivity index (χ1) is 13.5. The van der Waals surface area contributed by atoms with Crippen LogP contribution in [0.5, 0.6) is 0 Å². The Bertz CT molecular complexity index is 1300. The lowest BCUT2D eigenvalue weighted by Crippen LogP contribution is -2.10. The van der Waals surface area contributed by atoms with Gasteiger partial charge in [-0.1, -0.05) is 6.07 Å². The van der Waals surface area contributed by atoms with Gasteiger partial charge in [0, 0.05) is 24.7 Å². The van der Waals surface area contributed by atoms with Gasteiger partial charge >= 0.3 is 0 Å². The number of rotatable bonds is 5. The second kappa shape index (κ2) is 6.35. The van der Waals surface area contributed by atoms with E-state index in [1.165, 1.54) is 6.07 Å². The highest BCUT2D eigenvalue weighted by molar-refractivity contribution is 7.70. The molecule has 1 fully saturated rings. The minimum atomic E-state index is -2.67. The van der Waals surface area contributed by atoms with Crippen LogP contribution < -0.4 is 4.72 Å². The SMILES string of the molecule is O=[SH](=O)NCc1ccc2c(c1)ncn2-c1nc2cc(F)c(F)cc2n1C1CC1. The number of hydrogen-bond donors (Lipinski definition) is 2. The molecule has 1 aliphatic carbocycles. The van der Waals surface area contributed by atoms with Crippen molar-refractivity contribution >= 4 is 33.0 Å². The summed E-state index contributed by atoms with van der Waals surface area (Å²) < 4.78 is 55.0. The molecule has 2 heterocycles. The van der Waals surface area contributed by atoms with Crippen molar-refractivity contribution in [3.05, 3.63) is 53.9 Å². The van der Waals surface area contributed by atoms with Crippen LogP contribution in [0.4, 0.5) is 8.78 Å². The Morgan fingerprint density at radius 2 is 1.86 bits per heavy atom. The summed E-state index contributed by atoms with van der Waals surface area (Å²) in [5, 5.41) is 0. The first-order valence-electron chi connectivity index (χ1n) is 8.72. The third kappa shape index (κ3) is 2.85. The molecule has 5 rings (SSSR count). The summed E-state index contributed by atoms with van der Waals surface area (Å²) in [6.45, 7) is 0.181. The van der Waals surface area contributed by atoms with E-state index in [2.05, 4.69) is 14.7 Å². The molecular weight excluding hydrogens is 388 g/mol. The average molecular weight is 403 g/mol. The van der Waals surface area contributed by atoms with Crippen molar-refractivity contribution in [2.24, 2.45) is 0 Å². The van der Waals surface area contributed by atoms with E-state index in [1.54, 1.807) is 23.0 Å². The van der Waals surface area contributed by atoms with E-state index >= 15 is 0 Å². The topological polar surface area (TPSA) is 81.8 Å². The number of hydrogen-bond acceptors (Lipinski definition) is 4. The second-order valence-electron chi connectivity index (χ2n) is 6.80. The van der Waals surface area contributed by atoms with Gasteiger partial charge in [-0.2, -0.15) is 0 Å². The van der Waals surface area contributed by atoms with Crippen LogP contribution >= 0.6 is 0 Å². The van der Waals surface area contributed by atoms with Crippen molar-refractivity contribution in [3.63, 3.8) is 0 Å². The molecule has 2 aromatic carbocycles. The van der Waals surface area contributed by atoms with Crippen LogP contribution in [0.15, 0.2) is 36.7 Å². The maximum atomic E-state index is 13.8. The van der Waals surface area contributed by atoms with Crippen molar-refractivity contribution in [1.29, 1.82) is 0 Å². The summed E-state index contributed by atoms with van der Waals surface area (Å²) in [6.07, 6.45) is 3.52. The van der Waals surface area contributed by atoms with Gasteiger partial charge < -0.3 is 4.57 Å². The van der Waals surface area contributed by atoms with Crippen LogP contribution in [0.25, 0.3) is 28.0 Å². The fourth-order valence-electron chi connectivity index (χ4n) is 3.42. The van der Waals surface area contributed by atoms with Gasteiger partial charge in [0.2, 0.25) is 16.8 Å². The molecule has 2 aromatic heterocycles. The molecule has 0 amide bonds. The fourth-order valence-corrected chi connectivity index (χ4v) is 3.74.